The van der Waals surface area contributed by atoms with Crippen LogP contribution in [-0.2, 0) is 4.79 Å². The van der Waals surface area contributed by atoms with Crippen molar-refractivity contribution in [2.24, 2.45) is 5.73 Å². The van der Waals surface area contributed by atoms with Gasteiger partial charge in [0.25, 0.3) is 0 Å². The zero-order valence-corrected chi connectivity index (χ0v) is 20.6. The second kappa shape index (κ2) is 18.5. The Morgan fingerprint density at radius 3 is 1.84 bits per heavy atom. The first-order chi connectivity index (χ1) is 15.7. The fourth-order valence-electron chi connectivity index (χ4n) is 3.84. The van der Waals surface area contributed by atoms with Crippen LogP contribution in [0, 0.1) is 0 Å². The molecule has 6 nitrogen and oxygen atoms in total. The second-order valence-electron chi connectivity index (χ2n) is 8.24. The van der Waals surface area contributed by atoms with Gasteiger partial charge in [-0.1, -0.05) is 70.4 Å². The van der Waals surface area contributed by atoms with Crippen LogP contribution in [0.1, 0.15) is 116 Å². The maximum absolute atomic E-state index is 12.2. The molecule has 0 saturated heterocycles. The average molecular weight is 448 g/mol. The summed E-state index contributed by atoms with van der Waals surface area (Å²) in [5.74, 6) is -0.105. The lowest BCUT2D eigenvalue weighted by atomic mass is 9.93. The van der Waals surface area contributed by atoms with Crippen molar-refractivity contribution < 1.29 is 14.3 Å². The number of unbranched alkanes of at least 4 members (excludes halogenated alkanes) is 10. The van der Waals surface area contributed by atoms with Gasteiger partial charge in [-0.05, 0) is 46.0 Å². The van der Waals surface area contributed by atoms with Gasteiger partial charge in [0.15, 0.2) is 0 Å². The summed E-state index contributed by atoms with van der Waals surface area (Å²) in [6, 6.07) is 0. The highest BCUT2D eigenvalue weighted by Crippen LogP contribution is 2.35. The van der Waals surface area contributed by atoms with Crippen molar-refractivity contribution in [1.29, 1.82) is 0 Å². The van der Waals surface area contributed by atoms with E-state index >= 15 is 0 Å². The van der Waals surface area contributed by atoms with Crippen molar-refractivity contribution >= 4 is 5.91 Å². The van der Waals surface area contributed by atoms with Crippen LogP contribution in [0.5, 0.6) is 11.8 Å². The smallest absolute Gasteiger partial charge is 0.225 e. The van der Waals surface area contributed by atoms with Crippen LogP contribution in [0.25, 0.3) is 0 Å². The van der Waals surface area contributed by atoms with E-state index in [1.54, 1.807) is 0 Å². The van der Waals surface area contributed by atoms with Gasteiger partial charge in [-0.25, -0.2) is 9.97 Å². The number of carbonyl (C=O) groups is 1. The number of nitrogens with two attached hydrogens (primary N) is 1. The predicted molar refractivity (Wildman–Crippen MR) is 131 cm³/mol. The first-order valence-electron chi connectivity index (χ1n) is 12.7. The summed E-state index contributed by atoms with van der Waals surface area (Å²) in [6.45, 7) is 6.93. The number of allylic oxidation sites excluding steroid dienone is 2. The van der Waals surface area contributed by atoms with E-state index in [9.17, 15) is 4.79 Å². The summed E-state index contributed by atoms with van der Waals surface area (Å²) in [4.78, 5) is 20.6. The minimum absolute atomic E-state index is 0.390. The van der Waals surface area contributed by atoms with Crippen molar-refractivity contribution in [3.63, 3.8) is 0 Å². The molecule has 1 heterocycles. The van der Waals surface area contributed by atoms with Gasteiger partial charge in [-0.2, -0.15) is 0 Å². The van der Waals surface area contributed by atoms with Crippen molar-refractivity contribution in [3.05, 3.63) is 24.0 Å². The van der Waals surface area contributed by atoms with Crippen molar-refractivity contribution in [2.45, 2.75) is 110 Å². The monoisotopic (exact) mass is 447 g/mol. The molecule has 0 saturated carbocycles. The molecule has 1 atom stereocenters. The average Bonchev–Trinajstić information content (AvgIpc) is 2.77. The standard InChI is InChI=1S/C26H45N3O3/c1-4-7-8-9-10-11-12-13-14-15-16-17-18-19-20-22(24(27)30)23-25(31-5-2)28-21-29-26(23)32-6-3/h13-14,21-22H,4-12,15-20H2,1-3H3,(H2,27,30). The molecule has 1 amide bonds. The van der Waals surface area contributed by atoms with Crippen molar-refractivity contribution in [1.82, 2.24) is 9.97 Å². The summed E-state index contributed by atoms with van der Waals surface area (Å²) < 4.78 is 11.3. The van der Waals surface area contributed by atoms with E-state index in [0.717, 1.165) is 25.7 Å². The first-order valence-corrected chi connectivity index (χ1v) is 12.7. The van der Waals surface area contributed by atoms with Gasteiger partial charge in [-0.3, -0.25) is 4.79 Å². The van der Waals surface area contributed by atoms with Crippen LogP contribution >= 0.6 is 0 Å². The van der Waals surface area contributed by atoms with E-state index in [4.69, 9.17) is 15.2 Å². The maximum Gasteiger partial charge on any atom is 0.225 e. The second-order valence-corrected chi connectivity index (χ2v) is 8.24. The van der Waals surface area contributed by atoms with E-state index < -0.39 is 5.92 Å². The molecule has 0 aliphatic rings. The summed E-state index contributed by atoms with van der Waals surface area (Å²) >= 11 is 0. The molecule has 182 valence electrons. The molecule has 0 spiro atoms. The molecule has 2 N–H and O–H groups in total. The Morgan fingerprint density at radius 2 is 1.34 bits per heavy atom. The zero-order valence-electron chi connectivity index (χ0n) is 20.6. The third kappa shape index (κ3) is 11.5. The molecule has 0 fully saturated rings. The zero-order chi connectivity index (χ0) is 23.4. The number of hydrogen-bond acceptors (Lipinski definition) is 5. The van der Waals surface area contributed by atoms with Gasteiger partial charge in [0.05, 0.1) is 24.7 Å². The number of primary amides is 1. The van der Waals surface area contributed by atoms with Crippen LogP contribution in [0.2, 0.25) is 0 Å². The molecular formula is C26H45N3O3. The first kappa shape index (κ1) is 27.9. The fraction of sp³-hybridized carbons (Fsp3) is 0.731. The summed E-state index contributed by atoms with van der Waals surface area (Å²) in [5.41, 5.74) is 6.32. The molecule has 1 unspecified atom stereocenters. The van der Waals surface area contributed by atoms with Gasteiger partial charge in [0.2, 0.25) is 17.7 Å². The highest BCUT2D eigenvalue weighted by molar-refractivity contribution is 5.83. The van der Waals surface area contributed by atoms with Crippen molar-refractivity contribution in [3.8, 4) is 11.8 Å². The summed E-state index contributed by atoms with van der Waals surface area (Å²) in [7, 11) is 0. The van der Waals surface area contributed by atoms with Gasteiger partial charge < -0.3 is 15.2 Å². The van der Waals surface area contributed by atoms with Crippen molar-refractivity contribution in [2.75, 3.05) is 13.2 Å². The minimum atomic E-state index is -0.503. The van der Waals surface area contributed by atoms with Gasteiger partial charge >= 0.3 is 0 Å². The molecule has 0 radical (unpaired) electrons. The normalized spacial score (nSPS) is 12.2. The number of hydrogen-bond donors (Lipinski definition) is 1. The molecule has 0 bridgehead atoms. The molecular weight excluding hydrogens is 402 g/mol. The number of amides is 1. The van der Waals surface area contributed by atoms with E-state index in [0.29, 0.717) is 37.0 Å². The number of nitrogens with zero attached hydrogens (tertiary/aromatic N) is 2. The van der Waals surface area contributed by atoms with Crippen LogP contribution in [-0.4, -0.2) is 29.1 Å². The molecule has 1 aromatic heterocycles. The van der Waals surface area contributed by atoms with E-state index in [2.05, 4.69) is 29.0 Å². The number of rotatable bonds is 20. The van der Waals surface area contributed by atoms with Gasteiger partial charge in [0.1, 0.15) is 6.33 Å². The molecule has 1 rings (SSSR count). The largest absolute Gasteiger partial charge is 0.478 e. The topological polar surface area (TPSA) is 87.3 Å². The Labute approximate surface area is 195 Å². The lowest BCUT2D eigenvalue weighted by Crippen LogP contribution is -2.23. The van der Waals surface area contributed by atoms with Crippen LogP contribution in [0.3, 0.4) is 0 Å². The third-order valence-corrected chi connectivity index (χ3v) is 5.57. The fourth-order valence-corrected chi connectivity index (χ4v) is 3.84. The number of carbonyl (C=O) groups excluding carboxylic acids is 1. The molecule has 6 heteroatoms. The van der Waals surface area contributed by atoms with E-state index in [-0.39, 0.29) is 5.91 Å². The Balaban J connectivity index is 2.36. The molecule has 0 aliphatic carbocycles. The van der Waals surface area contributed by atoms with E-state index in [1.165, 1.54) is 57.7 Å². The molecule has 1 aromatic rings. The lowest BCUT2D eigenvalue weighted by Gasteiger charge is -2.19. The van der Waals surface area contributed by atoms with E-state index in [1.807, 2.05) is 13.8 Å². The van der Waals surface area contributed by atoms with Crippen LogP contribution in [0.15, 0.2) is 18.5 Å². The predicted octanol–water partition coefficient (Wildman–Crippen LogP) is 6.49. The van der Waals surface area contributed by atoms with Gasteiger partial charge in [-0.15, -0.1) is 0 Å². The Bertz CT molecular complexity index is 625. The molecule has 0 aliphatic heterocycles. The lowest BCUT2D eigenvalue weighted by molar-refractivity contribution is -0.119. The molecule has 0 aromatic carbocycles. The van der Waals surface area contributed by atoms with Crippen LogP contribution in [0.4, 0.5) is 0 Å². The quantitative estimate of drug-likeness (QED) is 0.182. The number of ether oxygens (including phenoxy) is 2. The summed E-state index contributed by atoms with van der Waals surface area (Å²) in [6.07, 6.45) is 21.5. The highest BCUT2D eigenvalue weighted by Gasteiger charge is 2.27. The highest BCUT2D eigenvalue weighted by atomic mass is 16.5. The Morgan fingerprint density at radius 1 is 0.844 bits per heavy atom. The molecule has 32 heavy (non-hydrogen) atoms. The summed E-state index contributed by atoms with van der Waals surface area (Å²) in [5, 5.41) is 0. The van der Waals surface area contributed by atoms with Gasteiger partial charge in [0, 0.05) is 0 Å². The Hall–Kier alpha value is -2.11. The SMILES string of the molecule is CCCCCCCCC=CCCCCCCC(C(N)=O)c1c(OCC)ncnc1OCC. The Kier molecular flexibility index (Phi) is 16.1. The minimum Gasteiger partial charge on any atom is -0.478 e. The number of aromatic nitrogens is 2. The maximum atomic E-state index is 12.2. The van der Waals surface area contributed by atoms with Crippen LogP contribution < -0.4 is 15.2 Å². The third-order valence-electron chi connectivity index (χ3n) is 5.57.